The van der Waals surface area contributed by atoms with Gasteiger partial charge < -0.3 is 10.3 Å². The van der Waals surface area contributed by atoms with Crippen LogP contribution in [-0.4, -0.2) is 30.3 Å². The fraction of sp³-hybridized carbons (Fsp3) is 0.400. The molecule has 0 aliphatic heterocycles. The van der Waals surface area contributed by atoms with Crippen LogP contribution in [0.25, 0.3) is 11.4 Å². The quantitative estimate of drug-likeness (QED) is 0.739. The molecule has 1 aliphatic carbocycles. The number of nitrogens with zero attached hydrogens (tertiary/aromatic N) is 6. The van der Waals surface area contributed by atoms with E-state index < -0.39 is 5.54 Å². The molecule has 0 atom stereocenters. The van der Waals surface area contributed by atoms with Crippen molar-refractivity contribution >= 4 is 24.0 Å². The van der Waals surface area contributed by atoms with E-state index in [0.29, 0.717) is 22.6 Å². The van der Waals surface area contributed by atoms with Crippen LogP contribution in [0.2, 0.25) is 5.02 Å². The first-order valence-electron chi connectivity index (χ1n) is 7.78. The van der Waals surface area contributed by atoms with E-state index in [4.69, 9.17) is 21.9 Å². The van der Waals surface area contributed by atoms with E-state index in [9.17, 15) is 0 Å². The van der Waals surface area contributed by atoms with Crippen LogP contribution in [0.15, 0.2) is 28.8 Å². The van der Waals surface area contributed by atoms with Gasteiger partial charge in [-0.2, -0.15) is 9.78 Å². The lowest BCUT2D eigenvalue weighted by Gasteiger charge is -2.17. The van der Waals surface area contributed by atoms with Crippen molar-refractivity contribution < 1.29 is 4.52 Å². The number of hydrogen-bond donors (Lipinski definition) is 1. The Labute approximate surface area is 155 Å². The van der Waals surface area contributed by atoms with Gasteiger partial charge in [-0.05, 0) is 42.3 Å². The average Bonchev–Trinajstić information content (AvgIpc) is 3.30. The second kappa shape index (κ2) is 7.07. The molecular formula is C15H17Cl2N7O. The standard InChI is InChI=1S/C15H16ClN7O.ClH/c16-11-5-3-10(4-6-11)13-19-22-23(20-13)9-12-18-14(21-24-12)15(17)7-1-2-8-15;/h3-6H,1-2,7-9,17H2;1H. The molecule has 0 radical (unpaired) electrons. The Balaban J connectivity index is 0.00000182. The van der Waals surface area contributed by atoms with Crippen molar-refractivity contribution in [3.05, 3.63) is 41.0 Å². The molecule has 0 unspecified atom stereocenters. The smallest absolute Gasteiger partial charge is 0.250 e. The highest BCUT2D eigenvalue weighted by atomic mass is 35.5. The topological polar surface area (TPSA) is 109 Å². The molecule has 8 nitrogen and oxygen atoms in total. The highest BCUT2D eigenvalue weighted by molar-refractivity contribution is 6.30. The minimum Gasteiger partial charge on any atom is -0.337 e. The van der Waals surface area contributed by atoms with Gasteiger partial charge in [0.25, 0.3) is 0 Å². The summed E-state index contributed by atoms with van der Waals surface area (Å²) in [5, 5.41) is 17.1. The maximum absolute atomic E-state index is 6.33. The highest BCUT2D eigenvalue weighted by Gasteiger charge is 2.36. The molecule has 25 heavy (non-hydrogen) atoms. The average molecular weight is 382 g/mol. The second-order valence-corrected chi connectivity index (χ2v) is 6.46. The maximum Gasteiger partial charge on any atom is 0.250 e. The molecule has 3 aromatic rings. The summed E-state index contributed by atoms with van der Waals surface area (Å²) in [5.74, 6) is 1.49. The number of benzene rings is 1. The fourth-order valence-corrected chi connectivity index (χ4v) is 3.02. The van der Waals surface area contributed by atoms with Gasteiger partial charge in [0.1, 0.15) is 6.54 Å². The molecule has 2 N–H and O–H groups in total. The molecule has 0 bridgehead atoms. The molecule has 2 heterocycles. The number of tetrazole rings is 1. The second-order valence-electron chi connectivity index (χ2n) is 6.03. The molecule has 0 spiro atoms. The largest absolute Gasteiger partial charge is 0.337 e. The Hall–Kier alpha value is -2.03. The first-order chi connectivity index (χ1) is 11.6. The van der Waals surface area contributed by atoms with Gasteiger partial charge in [-0.3, -0.25) is 0 Å². The summed E-state index contributed by atoms with van der Waals surface area (Å²) in [7, 11) is 0. The van der Waals surface area contributed by atoms with Gasteiger partial charge in [-0.15, -0.1) is 22.6 Å². The molecule has 1 saturated carbocycles. The molecule has 1 fully saturated rings. The summed E-state index contributed by atoms with van der Waals surface area (Å²) in [5.41, 5.74) is 6.70. The molecule has 10 heteroatoms. The Morgan fingerprint density at radius 1 is 1.20 bits per heavy atom. The van der Waals surface area contributed by atoms with Gasteiger partial charge in [0.15, 0.2) is 5.82 Å². The van der Waals surface area contributed by atoms with E-state index in [-0.39, 0.29) is 19.0 Å². The molecule has 4 rings (SSSR count). The SMILES string of the molecule is Cl.NC1(c2noc(Cn3nnc(-c4ccc(Cl)cc4)n3)n2)CCCC1. The zero-order valence-electron chi connectivity index (χ0n) is 13.3. The summed E-state index contributed by atoms with van der Waals surface area (Å²) in [6.45, 7) is 0.254. The van der Waals surface area contributed by atoms with Crippen molar-refractivity contribution in [3.8, 4) is 11.4 Å². The molecule has 1 aliphatic rings. The van der Waals surface area contributed by atoms with Crippen molar-refractivity contribution in [2.24, 2.45) is 5.73 Å². The minimum atomic E-state index is -0.466. The Morgan fingerprint density at radius 2 is 1.92 bits per heavy atom. The molecule has 2 aromatic heterocycles. The highest BCUT2D eigenvalue weighted by Crippen LogP contribution is 2.34. The van der Waals surface area contributed by atoms with Gasteiger partial charge in [0.05, 0.1) is 5.54 Å². The zero-order valence-corrected chi connectivity index (χ0v) is 14.9. The van der Waals surface area contributed by atoms with E-state index in [1.54, 1.807) is 12.1 Å². The van der Waals surface area contributed by atoms with Crippen LogP contribution in [0, 0.1) is 0 Å². The van der Waals surface area contributed by atoms with Crippen LogP contribution >= 0.6 is 24.0 Å². The van der Waals surface area contributed by atoms with E-state index >= 15 is 0 Å². The van der Waals surface area contributed by atoms with Crippen molar-refractivity contribution in [1.82, 2.24) is 30.3 Å². The summed E-state index contributed by atoms with van der Waals surface area (Å²) in [6.07, 6.45) is 3.95. The van der Waals surface area contributed by atoms with E-state index in [1.807, 2.05) is 12.1 Å². The molecule has 132 valence electrons. The van der Waals surface area contributed by atoms with Crippen molar-refractivity contribution in [2.45, 2.75) is 37.8 Å². The van der Waals surface area contributed by atoms with Gasteiger partial charge in [-0.1, -0.05) is 29.6 Å². The molecule has 0 saturated heterocycles. The summed E-state index contributed by atoms with van der Waals surface area (Å²) in [6, 6.07) is 7.24. The summed E-state index contributed by atoms with van der Waals surface area (Å²) in [4.78, 5) is 5.82. The summed E-state index contributed by atoms with van der Waals surface area (Å²) < 4.78 is 5.29. The van der Waals surface area contributed by atoms with Crippen LogP contribution < -0.4 is 5.73 Å². The fourth-order valence-electron chi connectivity index (χ4n) is 2.90. The third-order valence-electron chi connectivity index (χ3n) is 4.24. The third kappa shape index (κ3) is 3.65. The van der Waals surface area contributed by atoms with Crippen molar-refractivity contribution in [1.29, 1.82) is 0 Å². The number of halogens is 2. The lowest BCUT2D eigenvalue weighted by atomic mass is 9.99. The molecule has 1 aromatic carbocycles. The maximum atomic E-state index is 6.33. The minimum absolute atomic E-state index is 0. The normalized spacial score (nSPS) is 15.9. The Kier molecular flexibility index (Phi) is 5.03. The van der Waals surface area contributed by atoms with Gasteiger partial charge in [0.2, 0.25) is 11.7 Å². The van der Waals surface area contributed by atoms with E-state index in [0.717, 1.165) is 31.2 Å². The lowest BCUT2D eigenvalue weighted by Crippen LogP contribution is -2.34. The number of nitrogens with two attached hydrogens (primary N) is 1. The number of rotatable bonds is 4. The third-order valence-corrected chi connectivity index (χ3v) is 4.49. The van der Waals surface area contributed by atoms with Gasteiger partial charge in [0, 0.05) is 10.6 Å². The van der Waals surface area contributed by atoms with Gasteiger partial charge in [-0.25, -0.2) is 0 Å². The van der Waals surface area contributed by atoms with Crippen LogP contribution in [0.4, 0.5) is 0 Å². The lowest BCUT2D eigenvalue weighted by molar-refractivity contribution is 0.336. The number of hydrogen-bond acceptors (Lipinski definition) is 7. The molecule has 0 amide bonds. The van der Waals surface area contributed by atoms with E-state index in [2.05, 4.69) is 25.6 Å². The summed E-state index contributed by atoms with van der Waals surface area (Å²) >= 11 is 5.88. The first-order valence-corrected chi connectivity index (χ1v) is 8.16. The molecular weight excluding hydrogens is 365 g/mol. The van der Waals surface area contributed by atoms with Crippen LogP contribution in [-0.2, 0) is 12.1 Å². The monoisotopic (exact) mass is 381 g/mol. The Bertz CT molecular complexity index is 840. The zero-order chi connectivity index (χ0) is 16.6. The predicted molar refractivity (Wildman–Crippen MR) is 93.2 cm³/mol. The first kappa shape index (κ1) is 17.8. The Morgan fingerprint density at radius 3 is 2.64 bits per heavy atom. The van der Waals surface area contributed by atoms with Crippen LogP contribution in [0.5, 0.6) is 0 Å². The van der Waals surface area contributed by atoms with Gasteiger partial charge >= 0.3 is 0 Å². The predicted octanol–water partition coefficient (Wildman–Crippen LogP) is 2.57. The van der Waals surface area contributed by atoms with Crippen LogP contribution in [0.3, 0.4) is 0 Å². The number of aromatic nitrogens is 6. The van der Waals surface area contributed by atoms with E-state index in [1.165, 1.54) is 4.80 Å². The van der Waals surface area contributed by atoms with Crippen LogP contribution in [0.1, 0.15) is 37.4 Å². The van der Waals surface area contributed by atoms with Crippen molar-refractivity contribution in [3.63, 3.8) is 0 Å². The van der Waals surface area contributed by atoms with Crippen molar-refractivity contribution in [2.75, 3.05) is 0 Å².